The summed E-state index contributed by atoms with van der Waals surface area (Å²) in [7, 11) is 0. The number of ether oxygens (including phenoxy) is 1. The van der Waals surface area contributed by atoms with Gasteiger partial charge in [0.25, 0.3) is 0 Å². The lowest BCUT2D eigenvalue weighted by Gasteiger charge is -2.32. The molecule has 22 heavy (non-hydrogen) atoms. The summed E-state index contributed by atoms with van der Waals surface area (Å²) in [6.45, 7) is 0.680. The molecule has 0 bridgehead atoms. The summed E-state index contributed by atoms with van der Waals surface area (Å²) in [4.78, 5) is 2.11. The van der Waals surface area contributed by atoms with E-state index < -0.39 is 0 Å². The van der Waals surface area contributed by atoms with E-state index in [1.54, 1.807) is 6.20 Å². The highest BCUT2D eigenvalue weighted by Gasteiger charge is 2.27. The molecule has 0 N–H and O–H groups in total. The minimum absolute atomic E-state index is 0.336. The second-order valence-corrected chi connectivity index (χ2v) is 5.35. The number of rotatable bonds is 2. The van der Waals surface area contributed by atoms with Gasteiger partial charge in [0.1, 0.15) is 5.69 Å². The van der Waals surface area contributed by atoms with E-state index in [9.17, 15) is 0 Å². The minimum atomic E-state index is 0.336. The average Bonchev–Trinajstić information content (AvgIpc) is 2.56. The summed E-state index contributed by atoms with van der Waals surface area (Å²) in [5.74, 6) is 1.41. The molecule has 4 rings (SSSR count). The minimum Gasteiger partial charge on any atom is -0.451 e. The van der Waals surface area contributed by atoms with Crippen LogP contribution in [0.5, 0.6) is 11.5 Å². The molecule has 0 amide bonds. The number of hydrogen-bond acceptors (Lipinski definition) is 4. The normalized spacial score (nSPS) is 12.3. The van der Waals surface area contributed by atoms with Gasteiger partial charge in [-0.1, -0.05) is 54.1 Å². The van der Waals surface area contributed by atoms with Crippen LogP contribution in [0.2, 0.25) is 5.15 Å². The van der Waals surface area contributed by atoms with Gasteiger partial charge in [-0.3, -0.25) is 0 Å². The number of hydrogen-bond donors (Lipinski definition) is 0. The van der Waals surface area contributed by atoms with E-state index in [2.05, 4.69) is 27.2 Å². The summed E-state index contributed by atoms with van der Waals surface area (Å²) in [5.41, 5.74) is 2.89. The van der Waals surface area contributed by atoms with Crippen LogP contribution in [0.4, 0.5) is 11.4 Å². The lowest BCUT2D eigenvalue weighted by atomic mass is 10.1. The molecule has 108 valence electrons. The molecule has 0 radical (unpaired) electrons. The molecule has 1 aliphatic heterocycles. The molecule has 0 spiro atoms. The topological polar surface area (TPSA) is 38.2 Å². The van der Waals surface area contributed by atoms with Crippen molar-refractivity contribution in [2.45, 2.75) is 6.54 Å². The first-order valence-electron chi connectivity index (χ1n) is 6.92. The maximum Gasteiger partial charge on any atom is 0.179 e. The molecule has 0 saturated carbocycles. The maximum absolute atomic E-state index is 6.27. The first-order valence-corrected chi connectivity index (χ1v) is 7.30. The summed E-state index contributed by atoms with van der Waals surface area (Å²) in [6.07, 6.45) is 1.59. The van der Waals surface area contributed by atoms with Gasteiger partial charge >= 0.3 is 0 Å². The van der Waals surface area contributed by atoms with Crippen molar-refractivity contribution < 1.29 is 4.74 Å². The highest BCUT2D eigenvalue weighted by molar-refractivity contribution is 6.32. The van der Waals surface area contributed by atoms with Gasteiger partial charge in [0.15, 0.2) is 16.7 Å². The van der Waals surface area contributed by atoms with Crippen molar-refractivity contribution in [3.05, 3.63) is 71.5 Å². The van der Waals surface area contributed by atoms with Gasteiger partial charge in [-0.15, -0.1) is 5.10 Å². The fourth-order valence-electron chi connectivity index (χ4n) is 2.60. The zero-order valence-corrected chi connectivity index (χ0v) is 12.4. The van der Waals surface area contributed by atoms with E-state index in [0.717, 1.165) is 17.1 Å². The van der Waals surface area contributed by atoms with Crippen molar-refractivity contribution in [2.24, 2.45) is 0 Å². The molecule has 1 aliphatic rings. The molecule has 1 aromatic heterocycles. The molecular weight excluding hydrogens is 298 g/mol. The molecule has 0 atom stereocenters. The number of para-hydroxylation sites is 2. The largest absolute Gasteiger partial charge is 0.451 e. The van der Waals surface area contributed by atoms with Gasteiger partial charge < -0.3 is 9.64 Å². The smallest absolute Gasteiger partial charge is 0.179 e. The molecule has 0 unspecified atom stereocenters. The number of benzene rings is 2. The number of aromatic nitrogens is 2. The first kappa shape index (κ1) is 13.1. The predicted molar refractivity (Wildman–Crippen MR) is 85.8 cm³/mol. The lowest BCUT2D eigenvalue weighted by molar-refractivity contribution is 0.468. The molecule has 0 saturated heterocycles. The summed E-state index contributed by atoms with van der Waals surface area (Å²) in [6, 6.07) is 18.1. The number of halogens is 1. The monoisotopic (exact) mass is 309 g/mol. The van der Waals surface area contributed by atoms with Crippen LogP contribution in [0, 0.1) is 0 Å². The fourth-order valence-corrected chi connectivity index (χ4v) is 2.84. The van der Waals surface area contributed by atoms with E-state index in [4.69, 9.17) is 16.3 Å². The molecular formula is C17H12ClN3O. The number of anilines is 2. The van der Waals surface area contributed by atoms with Crippen molar-refractivity contribution >= 4 is 23.0 Å². The Kier molecular flexibility index (Phi) is 3.16. The van der Waals surface area contributed by atoms with Crippen LogP contribution in [0.3, 0.4) is 0 Å². The number of fused-ring (bicyclic) bond motifs is 2. The van der Waals surface area contributed by atoms with Crippen molar-refractivity contribution in [1.82, 2.24) is 10.2 Å². The van der Waals surface area contributed by atoms with E-state index in [0.29, 0.717) is 17.4 Å². The van der Waals surface area contributed by atoms with E-state index in [1.807, 2.05) is 42.5 Å². The zero-order chi connectivity index (χ0) is 14.9. The van der Waals surface area contributed by atoms with Gasteiger partial charge in [-0.25, -0.2) is 0 Å². The third-order valence-electron chi connectivity index (χ3n) is 3.58. The fraction of sp³-hybridized carbons (Fsp3) is 0.0588. The van der Waals surface area contributed by atoms with Crippen molar-refractivity contribution in [1.29, 1.82) is 0 Å². The maximum atomic E-state index is 6.27. The second-order valence-electron chi connectivity index (χ2n) is 4.99. The first-order chi connectivity index (χ1) is 10.8. The summed E-state index contributed by atoms with van der Waals surface area (Å²) >= 11 is 6.27. The Labute approximate surface area is 132 Å². The van der Waals surface area contributed by atoms with Gasteiger partial charge in [-0.2, -0.15) is 5.10 Å². The van der Waals surface area contributed by atoms with Crippen LogP contribution < -0.4 is 9.64 Å². The van der Waals surface area contributed by atoms with Crippen LogP contribution in [0.1, 0.15) is 5.56 Å². The van der Waals surface area contributed by atoms with Crippen LogP contribution >= 0.6 is 11.6 Å². The van der Waals surface area contributed by atoms with E-state index >= 15 is 0 Å². The zero-order valence-electron chi connectivity index (χ0n) is 11.6. The van der Waals surface area contributed by atoms with Crippen molar-refractivity contribution in [3.8, 4) is 11.5 Å². The molecule has 0 fully saturated rings. The average molecular weight is 310 g/mol. The second kappa shape index (κ2) is 5.31. The van der Waals surface area contributed by atoms with Crippen LogP contribution in [0.25, 0.3) is 0 Å². The van der Waals surface area contributed by atoms with Crippen LogP contribution in [-0.2, 0) is 6.54 Å². The van der Waals surface area contributed by atoms with Gasteiger partial charge in [0, 0.05) is 6.54 Å². The lowest BCUT2D eigenvalue weighted by Crippen LogP contribution is -2.21. The Balaban J connectivity index is 1.86. The SMILES string of the molecule is Clc1nncc2c1N(Cc1ccccc1)c1ccccc1O2. The predicted octanol–water partition coefficient (Wildman–Crippen LogP) is 4.57. The third-order valence-corrected chi connectivity index (χ3v) is 3.83. The standard InChI is InChI=1S/C17H12ClN3O/c18-17-16-15(10-19-20-17)22-14-9-5-4-8-13(14)21(16)11-12-6-2-1-3-7-12/h1-10H,11H2. The molecule has 2 aromatic carbocycles. The van der Waals surface area contributed by atoms with Gasteiger partial charge in [0.2, 0.25) is 0 Å². The molecule has 0 aliphatic carbocycles. The van der Waals surface area contributed by atoms with Gasteiger partial charge in [0.05, 0.1) is 11.9 Å². The molecule has 2 heterocycles. The Morgan fingerprint density at radius 2 is 1.73 bits per heavy atom. The molecule has 3 aromatic rings. The Morgan fingerprint density at radius 3 is 2.59 bits per heavy atom. The van der Waals surface area contributed by atoms with Crippen molar-refractivity contribution in [2.75, 3.05) is 4.90 Å². The third kappa shape index (κ3) is 2.18. The summed E-state index contributed by atoms with van der Waals surface area (Å²) in [5, 5.41) is 8.17. The Morgan fingerprint density at radius 1 is 0.955 bits per heavy atom. The van der Waals surface area contributed by atoms with Crippen molar-refractivity contribution in [3.63, 3.8) is 0 Å². The Hall–Kier alpha value is -2.59. The summed E-state index contributed by atoms with van der Waals surface area (Å²) < 4.78 is 5.90. The van der Waals surface area contributed by atoms with Crippen LogP contribution in [0.15, 0.2) is 60.8 Å². The van der Waals surface area contributed by atoms with Crippen LogP contribution in [-0.4, -0.2) is 10.2 Å². The highest BCUT2D eigenvalue weighted by atomic mass is 35.5. The highest BCUT2D eigenvalue weighted by Crippen LogP contribution is 2.48. The molecule has 4 nitrogen and oxygen atoms in total. The quantitative estimate of drug-likeness (QED) is 0.695. The Bertz CT molecular complexity index is 823. The van der Waals surface area contributed by atoms with E-state index in [-0.39, 0.29) is 0 Å². The molecule has 5 heteroatoms. The number of nitrogens with zero attached hydrogens (tertiary/aromatic N) is 3. The van der Waals surface area contributed by atoms with Gasteiger partial charge in [-0.05, 0) is 17.7 Å². The van der Waals surface area contributed by atoms with E-state index in [1.165, 1.54) is 5.56 Å².